The smallest absolute Gasteiger partial charge is 0.278 e. The van der Waals surface area contributed by atoms with Gasteiger partial charge in [0.2, 0.25) is 0 Å². The molecular weight excluding hydrogens is 252 g/mol. The number of phenolic OH excluding ortho intramolecular Hbond substituents is 1. The molecule has 2 aromatic carbocycles. The third kappa shape index (κ3) is 2.03. The highest BCUT2D eigenvalue weighted by atomic mass is 16.6. The first-order valence-corrected chi connectivity index (χ1v) is 5.04. The van der Waals surface area contributed by atoms with Gasteiger partial charge in [-0.1, -0.05) is 18.2 Å². The maximum Gasteiger partial charge on any atom is 0.278 e. The van der Waals surface area contributed by atoms with Gasteiger partial charge in [0.25, 0.3) is 11.6 Å². The zero-order valence-corrected chi connectivity index (χ0v) is 9.35. The maximum absolute atomic E-state index is 11.5. The molecule has 8 nitrogen and oxygen atoms in total. The number of hydrogen-bond acceptors (Lipinski definition) is 4. The van der Waals surface area contributed by atoms with Crippen LogP contribution in [0.2, 0.25) is 0 Å². The predicted molar refractivity (Wildman–Crippen MR) is 65.7 cm³/mol. The lowest BCUT2D eigenvalue weighted by Gasteiger charge is -2.06. The van der Waals surface area contributed by atoms with Crippen LogP contribution >= 0.6 is 0 Å². The minimum Gasteiger partial charge on any atom is -0.507 e. The molecule has 0 unspecified atom stereocenters. The second-order valence-electron chi connectivity index (χ2n) is 3.59. The van der Waals surface area contributed by atoms with E-state index >= 15 is 0 Å². The summed E-state index contributed by atoms with van der Waals surface area (Å²) >= 11 is 0. The number of carbonyl (C=O) groups excluding carboxylic acids is 1. The zero-order chi connectivity index (χ0) is 14.0. The molecule has 94 valence electrons. The van der Waals surface area contributed by atoms with Gasteiger partial charge < -0.3 is 5.11 Å². The van der Waals surface area contributed by atoms with Crippen molar-refractivity contribution in [3.63, 3.8) is 0 Å². The van der Waals surface area contributed by atoms with Crippen molar-refractivity contribution >= 4 is 22.4 Å². The Balaban J connectivity index is 2.88. The van der Waals surface area contributed by atoms with Crippen LogP contribution in [0.15, 0.2) is 35.4 Å². The number of amides is 1. The topological polar surface area (TPSA) is 129 Å². The molecule has 0 saturated carbocycles. The monoisotopic (exact) mass is 258 g/mol. The minimum absolute atomic E-state index is 0.146. The summed E-state index contributed by atoms with van der Waals surface area (Å²) in [6.07, 6.45) is 0. The molecule has 1 N–H and O–H groups in total. The van der Waals surface area contributed by atoms with Crippen LogP contribution in [0.3, 0.4) is 0 Å². The van der Waals surface area contributed by atoms with Gasteiger partial charge in [-0.2, -0.15) is 0 Å². The van der Waals surface area contributed by atoms with Crippen molar-refractivity contribution in [3.8, 4) is 5.75 Å². The number of phenols is 1. The Morgan fingerprint density at radius 2 is 2.00 bits per heavy atom. The molecule has 0 radical (unpaired) electrons. The van der Waals surface area contributed by atoms with E-state index in [1.165, 1.54) is 12.1 Å². The third-order valence-corrected chi connectivity index (χ3v) is 2.56. The van der Waals surface area contributed by atoms with Crippen molar-refractivity contribution in [2.24, 2.45) is 5.11 Å². The third-order valence-electron chi connectivity index (χ3n) is 2.56. The van der Waals surface area contributed by atoms with Crippen molar-refractivity contribution in [3.05, 3.63) is 56.5 Å². The molecule has 0 fully saturated rings. The van der Waals surface area contributed by atoms with Crippen LogP contribution in [0.1, 0.15) is 10.4 Å². The largest absolute Gasteiger partial charge is 0.507 e. The summed E-state index contributed by atoms with van der Waals surface area (Å²) in [5, 5.41) is 24.1. The molecule has 2 rings (SSSR count). The summed E-state index contributed by atoms with van der Waals surface area (Å²) < 4.78 is 0. The first kappa shape index (κ1) is 12.3. The van der Waals surface area contributed by atoms with Crippen LogP contribution in [0.5, 0.6) is 5.75 Å². The second kappa shape index (κ2) is 4.63. The van der Waals surface area contributed by atoms with E-state index in [2.05, 4.69) is 10.0 Å². The summed E-state index contributed by atoms with van der Waals surface area (Å²) in [5.41, 5.74) is 7.46. The minimum atomic E-state index is -1.08. The number of nitro benzene ring substituents is 1. The van der Waals surface area contributed by atoms with E-state index in [1.54, 1.807) is 12.1 Å². The number of hydrogen-bond donors (Lipinski definition) is 1. The summed E-state index contributed by atoms with van der Waals surface area (Å²) in [5.74, 6) is -1.52. The number of nitro groups is 1. The van der Waals surface area contributed by atoms with E-state index in [9.17, 15) is 20.0 Å². The Bertz CT molecular complexity index is 750. The quantitative estimate of drug-likeness (QED) is 0.291. The molecule has 2 aromatic rings. The van der Waals surface area contributed by atoms with Crippen molar-refractivity contribution in [2.45, 2.75) is 0 Å². The summed E-state index contributed by atoms with van der Waals surface area (Å²) in [7, 11) is 0. The molecule has 0 saturated heterocycles. The van der Waals surface area contributed by atoms with Crippen molar-refractivity contribution in [1.29, 1.82) is 0 Å². The molecule has 0 heterocycles. The molecular formula is C11H6N4O4. The zero-order valence-electron chi connectivity index (χ0n) is 9.35. The average molecular weight is 258 g/mol. The fraction of sp³-hybridized carbons (Fsp3) is 0. The predicted octanol–water partition coefficient (Wildman–Crippen LogP) is 2.90. The molecule has 0 bridgehead atoms. The van der Waals surface area contributed by atoms with Gasteiger partial charge in [0.1, 0.15) is 5.75 Å². The Labute approximate surface area is 105 Å². The summed E-state index contributed by atoms with van der Waals surface area (Å²) in [6, 6.07) is 6.92. The van der Waals surface area contributed by atoms with Gasteiger partial charge in [-0.25, -0.2) is 0 Å². The molecule has 0 aromatic heterocycles. The van der Waals surface area contributed by atoms with Crippen LogP contribution in [0, 0.1) is 10.1 Å². The number of carbonyl (C=O) groups is 1. The lowest BCUT2D eigenvalue weighted by atomic mass is 10.0. The number of rotatable bonds is 2. The van der Waals surface area contributed by atoms with Crippen LogP contribution in [0.4, 0.5) is 5.69 Å². The highest BCUT2D eigenvalue weighted by molar-refractivity contribution is 6.07. The number of fused-ring (bicyclic) bond motifs is 1. The number of aromatic hydroxyl groups is 1. The Hall–Kier alpha value is -3.12. The molecule has 0 aliphatic carbocycles. The Morgan fingerprint density at radius 1 is 1.37 bits per heavy atom. The van der Waals surface area contributed by atoms with Crippen molar-refractivity contribution < 1.29 is 14.8 Å². The lowest BCUT2D eigenvalue weighted by Crippen LogP contribution is -1.98. The fourth-order valence-electron chi connectivity index (χ4n) is 1.75. The molecule has 0 aliphatic heterocycles. The second-order valence-corrected chi connectivity index (χ2v) is 3.59. The molecule has 1 amide bonds. The van der Waals surface area contributed by atoms with Gasteiger partial charge in [-0.3, -0.25) is 14.9 Å². The van der Waals surface area contributed by atoms with Crippen LogP contribution in [-0.4, -0.2) is 15.9 Å². The SMILES string of the molecule is [N-]=[N+]=NC(=O)c1cc([N+](=O)[O-])c2ccccc2c1O. The first-order valence-electron chi connectivity index (χ1n) is 5.04. The van der Waals surface area contributed by atoms with Gasteiger partial charge in [-0.05, 0) is 16.7 Å². The number of azide groups is 1. The summed E-state index contributed by atoms with van der Waals surface area (Å²) in [6.45, 7) is 0. The standard InChI is InChI=1S/C11H6N4O4/c12-14-13-11(17)8-5-9(15(18)19)6-3-1-2-4-7(6)10(8)16/h1-5,16H. The Kier molecular flexibility index (Phi) is 3.01. The molecule has 8 heteroatoms. The van der Waals surface area contributed by atoms with E-state index in [-0.39, 0.29) is 16.5 Å². The Morgan fingerprint density at radius 3 is 2.58 bits per heavy atom. The van der Waals surface area contributed by atoms with Crippen molar-refractivity contribution in [2.75, 3.05) is 0 Å². The van der Waals surface area contributed by atoms with E-state index in [0.29, 0.717) is 0 Å². The lowest BCUT2D eigenvalue weighted by molar-refractivity contribution is -0.383. The number of nitrogens with zero attached hydrogens (tertiary/aromatic N) is 4. The van der Waals surface area contributed by atoms with Gasteiger partial charge >= 0.3 is 0 Å². The molecule has 0 spiro atoms. The molecule has 0 atom stereocenters. The van der Waals surface area contributed by atoms with E-state index in [4.69, 9.17) is 5.53 Å². The first-order chi connectivity index (χ1) is 9.06. The molecule has 0 aliphatic rings. The van der Waals surface area contributed by atoms with E-state index in [1.807, 2.05) is 0 Å². The average Bonchev–Trinajstić information content (AvgIpc) is 2.39. The van der Waals surface area contributed by atoms with Gasteiger partial charge in [0.05, 0.1) is 15.9 Å². The van der Waals surface area contributed by atoms with Gasteiger partial charge in [0, 0.05) is 16.4 Å². The highest BCUT2D eigenvalue weighted by Gasteiger charge is 2.21. The van der Waals surface area contributed by atoms with Crippen LogP contribution < -0.4 is 0 Å². The fourth-order valence-corrected chi connectivity index (χ4v) is 1.75. The van der Waals surface area contributed by atoms with Crippen molar-refractivity contribution in [1.82, 2.24) is 0 Å². The van der Waals surface area contributed by atoms with Crippen LogP contribution in [-0.2, 0) is 0 Å². The van der Waals surface area contributed by atoms with Crippen LogP contribution in [0.25, 0.3) is 21.2 Å². The number of non-ortho nitro benzene ring substituents is 1. The summed E-state index contributed by atoms with van der Waals surface area (Å²) in [4.78, 5) is 24.1. The normalized spacial score (nSPS) is 9.89. The van der Waals surface area contributed by atoms with Gasteiger partial charge in [-0.15, -0.1) is 0 Å². The number of benzene rings is 2. The van der Waals surface area contributed by atoms with E-state index in [0.717, 1.165) is 6.07 Å². The maximum atomic E-state index is 11.5. The molecule has 19 heavy (non-hydrogen) atoms. The highest BCUT2D eigenvalue weighted by Crippen LogP contribution is 2.35. The van der Waals surface area contributed by atoms with Gasteiger partial charge in [0.15, 0.2) is 0 Å². The van der Waals surface area contributed by atoms with E-state index < -0.39 is 22.1 Å².